The minimum atomic E-state index is -1.05. The van der Waals surface area contributed by atoms with E-state index in [0.29, 0.717) is 33.4 Å². The van der Waals surface area contributed by atoms with E-state index in [1.807, 2.05) is 19.1 Å². The number of hydrogen-bond donors (Lipinski definition) is 0. The van der Waals surface area contributed by atoms with E-state index in [-0.39, 0.29) is 11.6 Å². The Morgan fingerprint density at radius 1 is 0.806 bits per heavy atom. The Labute approximate surface area is 177 Å². The number of hydrogen-bond acceptors (Lipinski definition) is 5. The van der Waals surface area contributed by atoms with Gasteiger partial charge in [0.2, 0.25) is 5.78 Å². The summed E-state index contributed by atoms with van der Waals surface area (Å²) in [4.78, 5) is 39.1. The SMILES string of the molecule is Cc1cc(=O)oc2c3c(ccc12)OC(C(=O)c1ccccc1)C3C(=O)c1ccccc1. The summed E-state index contributed by atoms with van der Waals surface area (Å²) < 4.78 is 11.6. The van der Waals surface area contributed by atoms with Crippen LogP contribution in [-0.4, -0.2) is 17.7 Å². The van der Waals surface area contributed by atoms with E-state index >= 15 is 0 Å². The molecule has 0 radical (unpaired) electrons. The first kappa shape index (κ1) is 19.0. The third-order valence-electron chi connectivity index (χ3n) is 5.64. The van der Waals surface area contributed by atoms with Crippen molar-refractivity contribution in [2.24, 2.45) is 0 Å². The van der Waals surface area contributed by atoms with Crippen LogP contribution in [0, 0.1) is 6.92 Å². The highest BCUT2D eigenvalue weighted by Crippen LogP contribution is 2.45. The maximum Gasteiger partial charge on any atom is 0.336 e. The predicted octanol–water partition coefficient (Wildman–Crippen LogP) is 4.71. The number of aryl methyl sites for hydroxylation is 1. The molecule has 5 heteroatoms. The van der Waals surface area contributed by atoms with Crippen LogP contribution in [0.5, 0.6) is 5.75 Å². The molecule has 5 rings (SSSR count). The number of Topliss-reactive ketones (excluding diaryl/α,β-unsaturated/α-hetero) is 2. The predicted molar refractivity (Wildman–Crippen MR) is 116 cm³/mol. The quantitative estimate of drug-likeness (QED) is 0.360. The minimum absolute atomic E-state index is 0.259. The maximum absolute atomic E-state index is 13.6. The average molecular weight is 410 g/mol. The smallest absolute Gasteiger partial charge is 0.336 e. The number of ketones is 2. The molecule has 31 heavy (non-hydrogen) atoms. The van der Waals surface area contributed by atoms with Crippen molar-refractivity contribution in [1.29, 1.82) is 0 Å². The van der Waals surface area contributed by atoms with Crippen molar-refractivity contribution in [1.82, 2.24) is 0 Å². The number of carbonyl (C=O) groups excluding carboxylic acids is 2. The van der Waals surface area contributed by atoms with Gasteiger partial charge < -0.3 is 9.15 Å². The van der Waals surface area contributed by atoms with Crippen molar-refractivity contribution >= 4 is 22.5 Å². The van der Waals surface area contributed by atoms with Crippen molar-refractivity contribution in [2.75, 3.05) is 0 Å². The zero-order chi connectivity index (χ0) is 21.5. The van der Waals surface area contributed by atoms with Gasteiger partial charge in [-0.15, -0.1) is 0 Å². The molecule has 152 valence electrons. The number of carbonyl (C=O) groups is 2. The van der Waals surface area contributed by atoms with Gasteiger partial charge in [-0.1, -0.05) is 60.7 Å². The molecule has 0 N–H and O–H groups in total. The van der Waals surface area contributed by atoms with Gasteiger partial charge in [0.1, 0.15) is 11.3 Å². The first-order valence-electron chi connectivity index (χ1n) is 9.97. The van der Waals surface area contributed by atoms with Crippen molar-refractivity contribution < 1.29 is 18.7 Å². The Hall–Kier alpha value is -3.99. The van der Waals surface area contributed by atoms with Crippen LogP contribution in [0.25, 0.3) is 11.0 Å². The molecule has 1 aliphatic heterocycles. The standard InChI is InChI=1S/C26H18O5/c1-15-14-20(27)31-25-18(15)12-13-19-21(25)22(23(28)16-8-4-2-5-9-16)26(30-19)24(29)17-10-6-3-7-11-17/h2-14,22,26H,1H3. The van der Waals surface area contributed by atoms with E-state index in [4.69, 9.17) is 9.15 Å². The number of ether oxygens (including phenoxy) is 1. The van der Waals surface area contributed by atoms with Crippen LogP contribution in [0.15, 0.2) is 88.1 Å². The van der Waals surface area contributed by atoms with Crippen LogP contribution < -0.4 is 10.4 Å². The largest absolute Gasteiger partial charge is 0.481 e. The van der Waals surface area contributed by atoms with Crippen LogP contribution >= 0.6 is 0 Å². The fraction of sp³-hybridized carbons (Fsp3) is 0.115. The summed E-state index contributed by atoms with van der Waals surface area (Å²) in [7, 11) is 0. The molecule has 4 aromatic rings. The summed E-state index contributed by atoms with van der Waals surface area (Å²) in [6.07, 6.45) is -1.05. The number of fused-ring (bicyclic) bond motifs is 3. The summed E-state index contributed by atoms with van der Waals surface area (Å²) in [5.74, 6) is -1.11. The maximum atomic E-state index is 13.6. The van der Waals surface area contributed by atoms with Crippen LogP contribution in [0.3, 0.4) is 0 Å². The third-order valence-corrected chi connectivity index (χ3v) is 5.64. The number of rotatable bonds is 4. The van der Waals surface area contributed by atoms with E-state index in [1.54, 1.807) is 60.7 Å². The lowest BCUT2D eigenvalue weighted by atomic mass is 9.84. The van der Waals surface area contributed by atoms with Gasteiger partial charge in [0.15, 0.2) is 11.9 Å². The fourth-order valence-electron chi connectivity index (χ4n) is 4.16. The highest BCUT2D eigenvalue weighted by molar-refractivity contribution is 6.11. The molecule has 0 bridgehead atoms. The second kappa shape index (κ2) is 7.36. The van der Waals surface area contributed by atoms with Gasteiger partial charge in [-0.2, -0.15) is 0 Å². The molecule has 0 saturated heterocycles. The van der Waals surface area contributed by atoms with Gasteiger partial charge in [-0.25, -0.2) is 4.79 Å². The van der Waals surface area contributed by atoms with Crippen molar-refractivity contribution in [3.8, 4) is 5.75 Å². The molecular weight excluding hydrogens is 392 g/mol. The van der Waals surface area contributed by atoms with Crippen molar-refractivity contribution in [3.05, 3.63) is 112 Å². The van der Waals surface area contributed by atoms with Gasteiger partial charge in [-0.05, 0) is 24.6 Å². The van der Waals surface area contributed by atoms with Crippen molar-refractivity contribution in [3.63, 3.8) is 0 Å². The van der Waals surface area contributed by atoms with Gasteiger partial charge in [0.05, 0.1) is 11.5 Å². The lowest BCUT2D eigenvalue weighted by Gasteiger charge is -2.17. The van der Waals surface area contributed by atoms with Gasteiger partial charge in [0, 0.05) is 22.6 Å². The topological polar surface area (TPSA) is 73.6 Å². The molecule has 2 heterocycles. The lowest BCUT2D eigenvalue weighted by molar-refractivity contribution is 0.0731. The van der Waals surface area contributed by atoms with E-state index < -0.39 is 17.6 Å². The number of benzene rings is 3. The van der Waals surface area contributed by atoms with Crippen molar-refractivity contribution in [2.45, 2.75) is 18.9 Å². The molecule has 0 spiro atoms. The molecule has 2 atom stereocenters. The molecular formula is C26H18O5. The monoisotopic (exact) mass is 410 g/mol. The average Bonchev–Trinajstić information content (AvgIpc) is 3.19. The van der Waals surface area contributed by atoms with Crippen LogP contribution in [-0.2, 0) is 0 Å². The Morgan fingerprint density at radius 3 is 2.06 bits per heavy atom. The summed E-state index contributed by atoms with van der Waals surface area (Å²) in [6, 6.07) is 22.4. The summed E-state index contributed by atoms with van der Waals surface area (Å²) in [5.41, 5.74) is 1.87. The summed E-state index contributed by atoms with van der Waals surface area (Å²) in [5, 5.41) is 0.709. The zero-order valence-electron chi connectivity index (χ0n) is 16.7. The van der Waals surface area contributed by atoms with E-state index in [0.717, 1.165) is 5.56 Å². The molecule has 1 aliphatic rings. The molecule has 1 aromatic heterocycles. The van der Waals surface area contributed by atoms with Crippen LogP contribution in [0.4, 0.5) is 0 Å². The Bertz CT molecular complexity index is 1370. The highest BCUT2D eigenvalue weighted by atomic mass is 16.5. The molecule has 0 fully saturated rings. The van der Waals surface area contributed by atoms with Crippen LogP contribution in [0.2, 0.25) is 0 Å². The van der Waals surface area contributed by atoms with Gasteiger partial charge in [0.25, 0.3) is 0 Å². The molecule has 0 aliphatic carbocycles. The first-order valence-corrected chi connectivity index (χ1v) is 9.97. The zero-order valence-corrected chi connectivity index (χ0v) is 16.7. The molecule has 0 saturated carbocycles. The van der Waals surface area contributed by atoms with E-state index in [2.05, 4.69) is 0 Å². The van der Waals surface area contributed by atoms with Crippen LogP contribution in [0.1, 0.15) is 37.8 Å². The molecule has 0 amide bonds. The molecule has 3 aromatic carbocycles. The summed E-state index contributed by atoms with van der Waals surface area (Å²) in [6.45, 7) is 1.81. The van der Waals surface area contributed by atoms with E-state index in [9.17, 15) is 14.4 Å². The molecule has 5 nitrogen and oxygen atoms in total. The minimum Gasteiger partial charge on any atom is -0.481 e. The van der Waals surface area contributed by atoms with E-state index in [1.165, 1.54) is 6.07 Å². The van der Waals surface area contributed by atoms with Gasteiger partial charge in [-0.3, -0.25) is 9.59 Å². The fourth-order valence-corrected chi connectivity index (χ4v) is 4.16. The second-order valence-electron chi connectivity index (χ2n) is 7.58. The Morgan fingerprint density at radius 2 is 1.42 bits per heavy atom. The third kappa shape index (κ3) is 3.15. The normalized spacial score (nSPS) is 17.2. The first-order chi connectivity index (χ1) is 15.0. The Balaban J connectivity index is 1.73. The highest BCUT2D eigenvalue weighted by Gasteiger charge is 2.46. The summed E-state index contributed by atoms with van der Waals surface area (Å²) >= 11 is 0. The van der Waals surface area contributed by atoms with Gasteiger partial charge >= 0.3 is 5.63 Å². The molecule has 2 unspecified atom stereocenters. The second-order valence-corrected chi connectivity index (χ2v) is 7.58. The Kier molecular flexibility index (Phi) is 4.51. The lowest BCUT2D eigenvalue weighted by Crippen LogP contribution is -2.33.